The van der Waals surface area contributed by atoms with Crippen molar-refractivity contribution in [2.75, 3.05) is 11.4 Å². The molecular formula is C20H17N5O3. The second-order valence-electron chi connectivity index (χ2n) is 7.31. The Labute approximate surface area is 160 Å². The standard InChI is InChI=1S/C20H17N5O3/c1-2-17(26)23-10-11-7-15(23)18-19(27)25(20(28)24(11)18)16-9-22-14(8-21)12-5-3-4-6-13(12)16/h3-6,9,11,15,18H,2,7,10H2,1H3/t11-,15?,18?/m1/s1. The number of nitriles is 1. The van der Waals surface area contributed by atoms with E-state index < -0.39 is 6.04 Å². The van der Waals surface area contributed by atoms with Crippen LogP contribution in [0.25, 0.3) is 10.8 Å². The van der Waals surface area contributed by atoms with Gasteiger partial charge in [0.2, 0.25) is 5.91 Å². The van der Waals surface area contributed by atoms with Crippen LogP contribution >= 0.6 is 0 Å². The Bertz CT molecular complexity index is 1090. The monoisotopic (exact) mass is 375 g/mol. The summed E-state index contributed by atoms with van der Waals surface area (Å²) in [6.45, 7) is 2.28. The maximum atomic E-state index is 13.3. The van der Waals surface area contributed by atoms with Gasteiger partial charge in [-0.3, -0.25) is 9.59 Å². The molecule has 0 saturated carbocycles. The van der Waals surface area contributed by atoms with Gasteiger partial charge >= 0.3 is 6.03 Å². The third-order valence-electron chi connectivity index (χ3n) is 6.01. The molecule has 3 atom stereocenters. The van der Waals surface area contributed by atoms with E-state index in [1.165, 1.54) is 11.1 Å². The summed E-state index contributed by atoms with van der Waals surface area (Å²) in [5.41, 5.74) is 0.630. The molecule has 3 aliphatic rings. The molecule has 8 nitrogen and oxygen atoms in total. The zero-order valence-electron chi connectivity index (χ0n) is 15.2. The lowest BCUT2D eigenvalue weighted by Gasteiger charge is -2.34. The summed E-state index contributed by atoms with van der Waals surface area (Å²) in [5.74, 6) is -0.320. The summed E-state index contributed by atoms with van der Waals surface area (Å²) >= 11 is 0. The van der Waals surface area contributed by atoms with Crippen LogP contribution in [0.3, 0.4) is 0 Å². The predicted molar refractivity (Wildman–Crippen MR) is 99.2 cm³/mol. The second kappa shape index (κ2) is 5.76. The van der Waals surface area contributed by atoms with Gasteiger partial charge in [-0.25, -0.2) is 14.7 Å². The Morgan fingerprint density at radius 2 is 2.04 bits per heavy atom. The number of piperazine rings is 1. The first-order valence-corrected chi connectivity index (χ1v) is 9.30. The van der Waals surface area contributed by atoms with Gasteiger partial charge in [-0.15, -0.1) is 0 Å². The van der Waals surface area contributed by atoms with Crippen LogP contribution in [0, 0.1) is 11.3 Å². The summed E-state index contributed by atoms with van der Waals surface area (Å²) in [5, 5.41) is 10.5. The Morgan fingerprint density at radius 3 is 2.75 bits per heavy atom. The number of pyridine rings is 1. The molecule has 1 aromatic carbocycles. The number of aromatic nitrogens is 1. The van der Waals surface area contributed by atoms with Crippen LogP contribution in [-0.2, 0) is 9.59 Å². The minimum atomic E-state index is -0.642. The van der Waals surface area contributed by atoms with Gasteiger partial charge in [0.25, 0.3) is 5.91 Å². The number of anilines is 1. The number of carbonyl (C=O) groups excluding carboxylic acids is 3. The van der Waals surface area contributed by atoms with E-state index in [0.29, 0.717) is 35.8 Å². The van der Waals surface area contributed by atoms with E-state index >= 15 is 0 Å². The summed E-state index contributed by atoms with van der Waals surface area (Å²) in [6, 6.07) is 7.74. The summed E-state index contributed by atoms with van der Waals surface area (Å²) in [6.07, 6.45) is 2.44. The smallest absolute Gasteiger partial charge is 0.332 e. The lowest BCUT2D eigenvalue weighted by atomic mass is 10.1. The molecule has 140 valence electrons. The van der Waals surface area contributed by atoms with Gasteiger partial charge in [-0.1, -0.05) is 31.2 Å². The first kappa shape index (κ1) is 16.7. The van der Waals surface area contributed by atoms with Gasteiger partial charge in [0.05, 0.1) is 24.0 Å². The molecule has 5 rings (SSSR count). The van der Waals surface area contributed by atoms with Crippen molar-refractivity contribution in [1.29, 1.82) is 5.26 Å². The number of rotatable bonds is 2. The third kappa shape index (κ3) is 1.99. The topological polar surface area (TPSA) is 97.6 Å². The number of fused-ring (bicyclic) bond motifs is 6. The molecule has 4 amide bonds. The van der Waals surface area contributed by atoms with Crippen LogP contribution in [0.15, 0.2) is 30.5 Å². The van der Waals surface area contributed by atoms with Crippen LogP contribution in [0.1, 0.15) is 25.5 Å². The molecule has 3 saturated heterocycles. The highest BCUT2D eigenvalue weighted by atomic mass is 16.2. The van der Waals surface area contributed by atoms with Gasteiger partial charge in [0.15, 0.2) is 0 Å². The van der Waals surface area contributed by atoms with Gasteiger partial charge in [-0.2, -0.15) is 5.26 Å². The Balaban J connectivity index is 1.59. The molecule has 0 radical (unpaired) electrons. The Hall–Kier alpha value is -3.47. The molecule has 0 spiro atoms. The van der Waals surface area contributed by atoms with Gasteiger partial charge in [0.1, 0.15) is 17.8 Å². The van der Waals surface area contributed by atoms with E-state index in [-0.39, 0.29) is 35.6 Å². The minimum Gasteiger partial charge on any atom is -0.335 e. The number of carbonyl (C=O) groups is 3. The van der Waals surface area contributed by atoms with E-state index in [2.05, 4.69) is 4.98 Å². The largest absolute Gasteiger partial charge is 0.335 e. The summed E-state index contributed by atoms with van der Waals surface area (Å²) < 4.78 is 0. The number of imide groups is 1. The molecule has 4 heterocycles. The van der Waals surface area contributed by atoms with Crippen molar-refractivity contribution in [3.63, 3.8) is 0 Å². The molecule has 2 bridgehead atoms. The minimum absolute atomic E-state index is 0.0105. The molecule has 2 unspecified atom stereocenters. The van der Waals surface area contributed by atoms with Crippen LogP contribution in [0.2, 0.25) is 0 Å². The van der Waals surface area contributed by atoms with E-state index in [1.807, 2.05) is 6.07 Å². The number of hydrogen-bond acceptors (Lipinski definition) is 5. The summed E-state index contributed by atoms with van der Waals surface area (Å²) in [7, 11) is 0. The van der Waals surface area contributed by atoms with Gasteiger partial charge in [0, 0.05) is 23.7 Å². The van der Waals surface area contributed by atoms with Crippen molar-refractivity contribution < 1.29 is 14.4 Å². The number of benzene rings is 1. The molecule has 28 heavy (non-hydrogen) atoms. The van der Waals surface area contributed by atoms with Crippen molar-refractivity contribution in [2.24, 2.45) is 0 Å². The second-order valence-corrected chi connectivity index (χ2v) is 7.31. The number of hydrogen-bond donors (Lipinski definition) is 0. The highest BCUT2D eigenvalue weighted by Gasteiger charge is 2.62. The van der Waals surface area contributed by atoms with E-state index in [1.54, 1.807) is 41.0 Å². The van der Waals surface area contributed by atoms with E-state index in [0.717, 1.165) is 0 Å². The summed E-state index contributed by atoms with van der Waals surface area (Å²) in [4.78, 5) is 47.4. The molecule has 3 fully saturated rings. The fourth-order valence-corrected chi connectivity index (χ4v) is 4.81. The molecule has 2 aromatic rings. The third-order valence-corrected chi connectivity index (χ3v) is 6.01. The molecule has 0 aliphatic carbocycles. The Morgan fingerprint density at radius 1 is 1.29 bits per heavy atom. The number of nitrogens with zero attached hydrogens (tertiary/aromatic N) is 5. The quantitative estimate of drug-likeness (QED) is 0.743. The zero-order valence-corrected chi connectivity index (χ0v) is 15.2. The van der Waals surface area contributed by atoms with Crippen LogP contribution in [0.5, 0.6) is 0 Å². The average Bonchev–Trinajstić information content (AvgIpc) is 3.38. The average molecular weight is 375 g/mol. The molecule has 1 aromatic heterocycles. The first-order chi connectivity index (χ1) is 13.6. The Kier molecular flexibility index (Phi) is 3.43. The highest BCUT2D eigenvalue weighted by Crippen LogP contribution is 2.43. The normalized spacial score (nSPS) is 25.6. The first-order valence-electron chi connectivity index (χ1n) is 9.30. The number of likely N-dealkylation sites (tertiary alicyclic amines) is 1. The lowest BCUT2D eigenvalue weighted by Crippen LogP contribution is -2.54. The number of amides is 4. The number of urea groups is 1. The van der Waals surface area contributed by atoms with Crippen molar-refractivity contribution in [3.05, 3.63) is 36.2 Å². The van der Waals surface area contributed by atoms with Crippen molar-refractivity contribution in [2.45, 2.75) is 37.9 Å². The lowest BCUT2D eigenvalue weighted by molar-refractivity contribution is -0.135. The molecule has 0 N–H and O–H groups in total. The van der Waals surface area contributed by atoms with Crippen LogP contribution in [-0.4, -0.2) is 57.3 Å². The fraction of sp³-hybridized carbons (Fsp3) is 0.350. The van der Waals surface area contributed by atoms with E-state index in [4.69, 9.17) is 0 Å². The molecular weight excluding hydrogens is 358 g/mol. The highest BCUT2D eigenvalue weighted by molar-refractivity contribution is 6.25. The predicted octanol–water partition coefficient (Wildman–Crippen LogP) is 1.64. The molecule has 8 heteroatoms. The molecule has 3 aliphatic heterocycles. The SMILES string of the molecule is CCC(=O)N1C[C@H]2CC1C1C(=O)N(c3cnc(C#N)c4ccccc34)C(=O)N12. The maximum absolute atomic E-state index is 13.3. The van der Waals surface area contributed by atoms with Crippen LogP contribution in [0.4, 0.5) is 10.5 Å². The fourth-order valence-electron chi connectivity index (χ4n) is 4.81. The van der Waals surface area contributed by atoms with E-state index in [9.17, 15) is 19.6 Å². The van der Waals surface area contributed by atoms with Crippen molar-refractivity contribution >= 4 is 34.3 Å². The van der Waals surface area contributed by atoms with Gasteiger partial charge in [-0.05, 0) is 6.42 Å². The van der Waals surface area contributed by atoms with Crippen LogP contribution < -0.4 is 4.90 Å². The van der Waals surface area contributed by atoms with Gasteiger partial charge < -0.3 is 9.80 Å². The maximum Gasteiger partial charge on any atom is 0.332 e. The van der Waals surface area contributed by atoms with Crippen molar-refractivity contribution in [3.8, 4) is 6.07 Å². The van der Waals surface area contributed by atoms with Crippen molar-refractivity contribution in [1.82, 2.24) is 14.8 Å². The zero-order chi connectivity index (χ0) is 19.6.